The van der Waals surface area contributed by atoms with Crippen molar-refractivity contribution >= 4 is 50.9 Å². The summed E-state index contributed by atoms with van der Waals surface area (Å²) in [5.74, 6) is -0.843. The van der Waals surface area contributed by atoms with Crippen LogP contribution in [-0.2, 0) is 9.53 Å². The fourth-order valence-electron chi connectivity index (χ4n) is 2.97. The second-order valence-corrected chi connectivity index (χ2v) is 6.80. The van der Waals surface area contributed by atoms with Crippen molar-refractivity contribution in [1.29, 1.82) is 0 Å². The molecule has 3 heterocycles. The van der Waals surface area contributed by atoms with E-state index in [1.54, 1.807) is 18.7 Å². The Labute approximate surface area is 147 Å². The first-order valence-electron chi connectivity index (χ1n) is 7.57. The molecule has 9 heteroatoms. The summed E-state index contributed by atoms with van der Waals surface area (Å²) in [7, 11) is 0. The monoisotopic (exact) mass is 369 g/mol. The molecule has 7 nitrogen and oxygen atoms in total. The fourth-order valence-corrected chi connectivity index (χ4v) is 4.25. The summed E-state index contributed by atoms with van der Waals surface area (Å²) in [6, 6.07) is -0.649. The number of carbonyl (C=O) groups is 2. The molecule has 1 N–H and O–H groups in total. The minimum absolute atomic E-state index is 0.0326. The van der Waals surface area contributed by atoms with Crippen LogP contribution >= 0.6 is 22.9 Å². The Morgan fingerprint density at radius 1 is 1.46 bits per heavy atom. The van der Waals surface area contributed by atoms with E-state index in [1.165, 1.54) is 11.3 Å². The summed E-state index contributed by atoms with van der Waals surface area (Å²) in [6.07, 6.45) is 1.31. The first kappa shape index (κ1) is 16.9. The normalized spacial score (nSPS) is 17.5. The number of hydrogen-bond acceptors (Lipinski definition) is 7. The average molecular weight is 370 g/mol. The van der Waals surface area contributed by atoms with Crippen LogP contribution in [-0.4, -0.2) is 46.2 Å². The van der Waals surface area contributed by atoms with Crippen LogP contribution in [0.25, 0.3) is 10.2 Å². The number of nitrogens with zero attached hydrogens (tertiary/aromatic N) is 3. The highest BCUT2D eigenvalue weighted by Crippen LogP contribution is 2.38. The third-order valence-electron chi connectivity index (χ3n) is 4.01. The number of aliphatic carboxylic acids is 1. The molecule has 2 aromatic rings. The van der Waals surface area contributed by atoms with Crippen LogP contribution in [0.2, 0.25) is 5.28 Å². The van der Waals surface area contributed by atoms with Crippen molar-refractivity contribution < 1.29 is 19.4 Å². The number of rotatable bonds is 4. The molecule has 1 saturated heterocycles. The number of esters is 1. The lowest BCUT2D eigenvalue weighted by atomic mass is 10.1. The maximum atomic E-state index is 12.1. The lowest BCUT2D eigenvalue weighted by molar-refractivity contribution is -0.138. The standard InChI is InChI=1S/C15H16ClN3O4S/c1-3-23-14(22)10-7(2)9-11(17-15(16)18-12(9)24-10)19-6-4-5-8(19)13(20)21/h8H,3-6H2,1-2H3,(H,20,21). The highest BCUT2D eigenvalue weighted by atomic mass is 35.5. The van der Waals surface area contributed by atoms with Crippen LogP contribution in [0.4, 0.5) is 5.82 Å². The van der Waals surface area contributed by atoms with Gasteiger partial charge in [-0.15, -0.1) is 11.3 Å². The van der Waals surface area contributed by atoms with Gasteiger partial charge in [0, 0.05) is 6.54 Å². The number of anilines is 1. The molecule has 1 aliphatic rings. The fraction of sp³-hybridized carbons (Fsp3) is 0.467. The molecule has 0 radical (unpaired) electrons. The van der Waals surface area contributed by atoms with Crippen molar-refractivity contribution in [3.8, 4) is 0 Å². The molecule has 0 aromatic carbocycles. The number of carboxylic acid groups (broad SMARTS) is 1. The van der Waals surface area contributed by atoms with Crippen molar-refractivity contribution in [2.24, 2.45) is 0 Å². The Balaban J connectivity index is 2.17. The molecular weight excluding hydrogens is 354 g/mol. The number of thiophene rings is 1. The van der Waals surface area contributed by atoms with E-state index in [-0.39, 0.29) is 11.9 Å². The number of aromatic nitrogens is 2. The van der Waals surface area contributed by atoms with E-state index in [2.05, 4.69) is 9.97 Å². The number of ether oxygens (including phenoxy) is 1. The second kappa shape index (κ2) is 6.52. The smallest absolute Gasteiger partial charge is 0.348 e. The maximum absolute atomic E-state index is 12.1. The summed E-state index contributed by atoms with van der Waals surface area (Å²) in [5, 5.41) is 10.1. The number of aryl methyl sites for hydroxylation is 1. The average Bonchev–Trinajstić information content (AvgIpc) is 3.12. The van der Waals surface area contributed by atoms with Gasteiger partial charge in [-0.1, -0.05) is 0 Å². The Morgan fingerprint density at radius 3 is 2.88 bits per heavy atom. The Morgan fingerprint density at radius 2 is 2.21 bits per heavy atom. The molecule has 128 valence electrons. The minimum atomic E-state index is -0.895. The van der Waals surface area contributed by atoms with E-state index in [9.17, 15) is 14.7 Å². The number of fused-ring (bicyclic) bond motifs is 1. The molecule has 1 unspecified atom stereocenters. The van der Waals surface area contributed by atoms with Gasteiger partial charge in [-0.05, 0) is 43.9 Å². The number of carbonyl (C=O) groups excluding carboxylic acids is 1. The molecule has 2 aromatic heterocycles. The van der Waals surface area contributed by atoms with Gasteiger partial charge in [0.15, 0.2) is 0 Å². The van der Waals surface area contributed by atoms with E-state index in [0.29, 0.717) is 39.4 Å². The van der Waals surface area contributed by atoms with Crippen LogP contribution < -0.4 is 4.90 Å². The summed E-state index contributed by atoms with van der Waals surface area (Å²) < 4.78 is 5.08. The van der Waals surface area contributed by atoms with Crippen molar-refractivity contribution in [2.75, 3.05) is 18.1 Å². The largest absolute Gasteiger partial charge is 0.480 e. The first-order valence-corrected chi connectivity index (χ1v) is 8.76. The highest BCUT2D eigenvalue weighted by Gasteiger charge is 2.34. The van der Waals surface area contributed by atoms with Crippen LogP contribution in [0.5, 0.6) is 0 Å². The summed E-state index contributed by atoms with van der Waals surface area (Å²) in [5.41, 5.74) is 0.691. The summed E-state index contributed by atoms with van der Waals surface area (Å²) >= 11 is 7.21. The van der Waals surface area contributed by atoms with Gasteiger partial charge in [0.2, 0.25) is 5.28 Å². The zero-order chi connectivity index (χ0) is 17.4. The van der Waals surface area contributed by atoms with Crippen LogP contribution in [0.1, 0.15) is 35.0 Å². The number of hydrogen-bond donors (Lipinski definition) is 1. The van der Waals surface area contributed by atoms with Gasteiger partial charge in [0.05, 0.1) is 12.0 Å². The van der Waals surface area contributed by atoms with Crippen molar-refractivity contribution in [1.82, 2.24) is 9.97 Å². The topological polar surface area (TPSA) is 92.6 Å². The van der Waals surface area contributed by atoms with Gasteiger partial charge in [-0.3, -0.25) is 0 Å². The van der Waals surface area contributed by atoms with E-state index in [0.717, 1.165) is 6.42 Å². The Hall–Kier alpha value is -1.93. The highest BCUT2D eigenvalue weighted by molar-refractivity contribution is 7.20. The molecule has 1 fully saturated rings. The minimum Gasteiger partial charge on any atom is -0.480 e. The molecule has 0 bridgehead atoms. The number of carboxylic acids is 1. The predicted molar refractivity (Wildman–Crippen MR) is 91.1 cm³/mol. The molecule has 0 amide bonds. The quantitative estimate of drug-likeness (QED) is 0.654. The molecule has 1 aliphatic heterocycles. The third-order valence-corrected chi connectivity index (χ3v) is 5.35. The van der Waals surface area contributed by atoms with Crippen LogP contribution in [0.15, 0.2) is 0 Å². The SMILES string of the molecule is CCOC(=O)c1sc2nc(Cl)nc(N3CCCC3C(=O)O)c2c1C. The van der Waals surface area contributed by atoms with Gasteiger partial charge >= 0.3 is 11.9 Å². The maximum Gasteiger partial charge on any atom is 0.348 e. The van der Waals surface area contributed by atoms with E-state index in [4.69, 9.17) is 16.3 Å². The molecular formula is C15H16ClN3O4S. The van der Waals surface area contributed by atoms with Gasteiger partial charge < -0.3 is 14.7 Å². The summed E-state index contributed by atoms with van der Waals surface area (Å²) in [6.45, 7) is 4.38. The lowest BCUT2D eigenvalue weighted by Gasteiger charge is -2.23. The van der Waals surface area contributed by atoms with E-state index < -0.39 is 18.0 Å². The van der Waals surface area contributed by atoms with Crippen LogP contribution in [0.3, 0.4) is 0 Å². The van der Waals surface area contributed by atoms with E-state index >= 15 is 0 Å². The summed E-state index contributed by atoms with van der Waals surface area (Å²) in [4.78, 5) is 34.8. The molecule has 0 saturated carbocycles. The van der Waals surface area contributed by atoms with Gasteiger partial charge in [0.25, 0.3) is 0 Å². The van der Waals surface area contributed by atoms with Crippen molar-refractivity contribution in [2.45, 2.75) is 32.7 Å². The van der Waals surface area contributed by atoms with Crippen molar-refractivity contribution in [3.63, 3.8) is 0 Å². The van der Waals surface area contributed by atoms with Crippen LogP contribution in [0, 0.1) is 6.92 Å². The molecule has 3 rings (SSSR count). The predicted octanol–water partition coefficient (Wildman–Crippen LogP) is 2.88. The third kappa shape index (κ3) is 2.80. The number of halogens is 1. The van der Waals surface area contributed by atoms with Crippen molar-refractivity contribution in [3.05, 3.63) is 15.7 Å². The molecule has 1 atom stereocenters. The first-order chi connectivity index (χ1) is 11.4. The zero-order valence-electron chi connectivity index (χ0n) is 13.2. The zero-order valence-corrected chi connectivity index (χ0v) is 14.8. The Kier molecular flexibility index (Phi) is 4.60. The Bertz CT molecular complexity index is 823. The van der Waals surface area contributed by atoms with E-state index in [1.807, 2.05) is 0 Å². The lowest BCUT2D eigenvalue weighted by Crippen LogP contribution is -2.36. The second-order valence-electron chi connectivity index (χ2n) is 5.46. The van der Waals surface area contributed by atoms with Gasteiger partial charge in [0.1, 0.15) is 21.6 Å². The van der Waals surface area contributed by atoms with Gasteiger partial charge in [-0.2, -0.15) is 4.98 Å². The van der Waals surface area contributed by atoms with Gasteiger partial charge in [-0.25, -0.2) is 14.6 Å². The molecule has 24 heavy (non-hydrogen) atoms. The molecule has 0 aliphatic carbocycles. The molecule has 0 spiro atoms.